The number of nitrogens with one attached hydrogen (secondary N) is 1. The molecule has 0 atom stereocenters. The van der Waals surface area contributed by atoms with Crippen molar-refractivity contribution in [3.8, 4) is 0 Å². The quantitative estimate of drug-likeness (QED) is 0.759. The van der Waals surface area contributed by atoms with Gasteiger partial charge in [-0.2, -0.15) is 0 Å². The van der Waals surface area contributed by atoms with E-state index >= 15 is 0 Å². The van der Waals surface area contributed by atoms with Gasteiger partial charge in [-0.15, -0.1) is 0 Å². The summed E-state index contributed by atoms with van der Waals surface area (Å²) in [4.78, 5) is 39.5. The molecule has 7 heteroatoms. The molecule has 1 aliphatic heterocycles. The van der Waals surface area contributed by atoms with Crippen LogP contribution in [0.3, 0.4) is 0 Å². The van der Waals surface area contributed by atoms with Crippen LogP contribution in [0.1, 0.15) is 31.2 Å². The second kappa shape index (κ2) is 8.78. The Morgan fingerprint density at radius 1 is 1.00 bits per heavy atom. The molecule has 2 heterocycles. The average Bonchev–Trinajstić information content (AvgIpc) is 3.57. The Morgan fingerprint density at radius 3 is 2.41 bits per heavy atom. The van der Waals surface area contributed by atoms with Crippen LogP contribution < -0.4 is 16.6 Å². The molecule has 2 fully saturated rings. The molecule has 7 nitrogen and oxygen atoms in total. The van der Waals surface area contributed by atoms with Crippen LogP contribution >= 0.6 is 0 Å². The number of nitrogens with zero attached hydrogens (tertiary/aromatic N) is 3. The fraction of sp³-hybridized carbons (Fsp3) is 0.500. The number of carbonyl (C=O) groups excluding carboxylic acids is 1. The van der Waals surface area contributed by atoms with Crippen molar-refractivity contribution in [2.45, 2.75) is 44.8 Å². The normalized spacial score (nSPS) is 17.4. The number of likely N-dealkylation sites (tertiary alicyclic amines) is 1. The highest BCUT2D eigenvalue weighted by molar-refractivity contribution is 5.76. The number of benzene rings is 1. The number of carbonyl (C=O) groups is 1. The molecule has 0 radical (unpaired) electrons. The standard InChI is InChI=1S/C22H28N4O3/c27-20-10-13-25(15-18-4-2-1-3-5-18)22(29)26(20)16-21(28)24-11-8-19(9-12-24)23-14-17-6-7-17/h1-5,10,13,17,19,23H,6-9,11-12,14-16H2. The van der Waals surface area contributed by atoms with Gasteiger partial charge >= 0.3 is 5.69 Å². The van der Waals surface area contributed by atoms with Gasteiger partial charge in [0.05, 0.1) is 6.54 Å². The highest BCUT2D eigenvalue weighted by Gasteiger charge is 2.26. The third-order valence-corrected chi connectivity index (χ3v) is 5.87. The van der Waals surface area contributed by atoms with Gasteiger partial charge in [-0.25, -0.2) is 4.79 Å². The molecule has 0 spiro atoms. The molecule has 1 saturated heterocycles. The maximum Gasteiger partial charge on any atom is 0.331 e. The summed E-state index contributed by atoms with van der Waals surface area (Å²) in [5.74, 6) is 0.681. The van der Waals surface area contributed by atoms with Crippen LogP contribution in [-0.4, -0.2) is 45.6 Å². The summed E-state index contributed by atoms with van der Waals surface area (Å²) in [6.07, 6.45) is 5.99. The van der Waals surface area contributed by atoms with Gasteiger partial charge in [-0.3, -0.25) is 18.7 Å². The summed E-state index contributed by atoms with van der Waals surface area (Å²) < 4.78 is 2.51. The maximum absolute atomic E-state index is 12.8. The van der Waals surface area contributed by atoms with Crippen molar-refractivity contribution >= 4 is 5.91 Å². The first kappa shape index (κ1) is 19.6. The molecule has 1 aromatic heterocycles. The molecular formula is C22H28N4O3. The van der Waals surface area contributed by atoms with E-state index in [2.05, 4.69) is 5.32 Å². The zero-order valence-electron chi connectivity index (χ0n) is 16.6. The molecule has 1 N–H and O–H groups in total. The first-order valence-electron chi connectivity index (χ1n) is 10.5. The zero-order chi connectivity index (χ0) is 20.2. The fourth-order valence-electron chi connectivity index (χ4n) is 3.83. The number of hydrogen-bond acceptors (Lipinski definition) is 4. The smallest absolute Gasteiger partial charge is 0.331 e. The number of rotatable bonds is 7. The summed E-state index contributed by atoms with van der Waals surface area (Å²) in [5.41, 5.74) is 0.0798. The summed E-state index contributed by atoms with van der Waals surface area (Å²) in [7, 11) is 0. The van der Waals surface area contributed by atoms with Gasteiger partial charge in [0.15, 0.2) is 0 Å². The molecule has 2 aromatic rings. The van der Waals surface area contributed by atoms with E-state index < -0.39 is 11.2 Å². The lowest BCUT2D eigenvalue weighted by Gasteiger charge is -2.32. The van der Waals surface area contributed by atoms with Crippen molar-refractivity contribution in [1.29, 1.82) is 0 Å². The third-order valence-electron chi connectivity index (χ3n) is 5.87. The Morgan fingerprint density at radius 2 is 1.72 bits per heavy atom. The predicted octanol–water partition coefficient (Wildman–Crippen LogP) is 1.05. The van der Waals surface area contributed by atoms with E-state index in [1.54, 1.807) is 4.90 Å². The Labute approximate surface area is 170 Å². The second-order valence-corrected chi connectivity index (χ2v) is 8.14. The van der Waals surface area contributed by atoms with E-state index in [0.717, 1.165) is 35.4 Å². The van der Waals surface area contributed by atoms with Crippen LogP contribution in [0.5, 0.6) is 0 Å². The van der Waals surface area contributed by atoms with E-state index in [-0.39, 0.29) is 12.5 Å². The third kappa shape index (κ3) is 5.03. The highest BCUT2D eigenvalue weighted by atomic mass is 16.2. The topological polar surface area (TPSA) is 76.3 Å². The van der Waals surface area contributed by atoms with Crippen LogP contribution in [0.15, 0.2) is 52.2 Å². The van der Waals surface area contributed by atoms with Crippen molar-refractivity contribution in [2.75, 3.05) is 19.6 Å². The van der Waals surface area contributed by atoms with E-state index in [1.165, 1.54) is 29.7 Å². The Balaban J connectivity index is 1.38. The number of aromatic nitrogens is 2. The van der Waals surface area contributed by atoms with Gasteiger partial charge < -0.3 is 10.2 Å². The number of piperidine rings is 1. The molecule has 0 unspecified atom stereocenters. The molecular weight excluding hydrogens is 368 g/mol. The van der Waals surface area contributed by atoms with Gasteiger partial charge in [-0.1, -0.05) is 30.3 Å². The van der Waals surface area contributed by atoms with Crippen molar-refractivity contribution in [3.05, 3.63) is 69.0 Å². The molecule has 2 aliphatic rings. The SMILES string of the molecule is O=C(Cn1c(=O)ccn(Cc2ccccc2)c1=O)N1CCC(NCC2CC2)CC1. The Bertz CT molecular complexity index is 954. The van der Waals surface area contributed by atoms with E-state index in [9.17, 15) is 14.4 Å². The first-order chi connectivity index (χ1) is 14.1. The van der Waals surface area contributed by atoms with Crippen LogP contribution in [0.2, 0.25) is 0 Å². The minimum atomic E-state index is -0.448. The molecule has 29 heavy (non-hydrogen) atoms. The van der Waals surface area contributed by atoms with Crippen LogP contribution in [0.4, 0.5) is 0 Å². The van der Waals surface area contributed by atoms with Gasteiger partial charge in [0, 0.05) is 31.4 Å². The van der Waals surface area contributed by atoms with Gasteiger partial charge in [-0.05, 0) is 43.7 Å². The number of hydrogen-bond donors (Lipinski definition) is 1. The summed E-state index contributed by atoms with van der Waals surface area (Å²) in [6.45, 7) is 2.58. The van der Waals surface area contributed by atoms with Crippen LogP contribution in [0, 0.1) is 5.92 Å². The zero-order valence-corrected chi connectivity index (χ0v) is 16.6. The average molecular weight is 396 g/mol. The number of amides is 1. The minimum Gasteiger partial charge on any atom is -0.341 e. The van der Waals surface area contributed by atoms with Crippen LogP contribution in [-0.2, 0) is 17.9 Å². The summed E-state index contributed by atoms with van der Waals surface area (Å²) in [6, 6.07) is 11.4. The Kier molecular flexibility index (Phi) is 5.94. The van der Waals surface area contributed by atoms with Crippen molar-refractivity contribution < 1.29 is 4.79 Å². The Hall–Kier alpha value is -2.67. The summed E-state index contributed by atoms with van der Waals surface area (Å²) in [5, 5.41) is 3.60. The molecule has 154 valence electrons. The molecule has 0 bridgehead atoms. The van der Waals surface area contributed by atoms with Crippen molar-refractivity contribution in [1.82, 2.24) is 19.4 Å². The summed E-state index contributed by atoms with van der Waals surface area (Å²) >= 11 is 0. The molecule has 1 saturated carbocycles. The van der Waals surface area contributed by atoms with E-state index in [4.69, 9.17) is 0 Å². The van der Waals surface area contributed by atoms with E-state index in [0.29, 0.717) is 25.7 Å². The van der Waals surface area contributed by atoms with Crippen molar-refractivity contribution in [3.63, 3.8) is 0 Å². The molecule has 4 rings (SSSR count). The minimum absolute atomic E-state index is 0.165. The molecule has 1 amide bonds. The van der Waals surface area contributed by atoms with Gasteiger partial charge in [0.1, 0.15) is 6.54 Å². The maximum atomic E-state index is 12.8. The lowest BCUT2D eigenvalue weighted by molar-refractivity contribution is -0.133. The lowest BCUT2D eigenvalue weighted by atomic mass is 10.0. The molecule has 1 aliphatic carbocycles. The van der Waals surface area contributed by atoms with Crippen LogP contribution in [0.25, 0.3) is 0 Å². The largest absolute Gasteiger partial charge is 0.341 e. The second-order valence-electron chi connectivity index (χ2n) is 8.14. The fourth-order valence-corrected chi connectivity index (χ4v) is 3.83. The predicted molar refractivity (Wildman–Crippen MR) is 111 cm³/mol. The monoisotopic (exact) mass is 396 g/mol. The van der Waals surface area contributed by atoms with E-state index in [1.807, 2.05) is 30.3 Å². The first-order valence-corrected chi connectivity index (χ1v) is 10.5. The van der Waals surface area contributed by atoms with Gasteiger partial charge in [0.2, 0.25) is 5.91 Å². The van der Waals surface area contributed by atoms with Crippen molar-refractivity contribution in [2.24, 2.45) is 5.92 Å². The lowest BCUT2D eigenvalue weighted by Crippen LogP contribution is -2.48. The highest BCUT2D eigenvalue weighted by Crippen LogP contribution is 2.28. The van der Waals surface area contributed by atoms with Gasteiger partial charge in [0.25, 0.3) is 5.56 Å². The molecule has 1 aromatic carbocycles.